The molecule has 7 nitrogen and oxygen atoms in total. The summed E-state index contributed by atoms with van der Waals surface area (Å²) >= 11 is 5.75. The summed E-state index contributed by atoms with van der Waals surface area (Å²) in [5.74, 6) is 1.49. The monoisotopic (exact) mass is 407 g/mol. The summed E-state index contributed by atoms with van der Waals surface area (Å²) < 4.78 is 11.9. The zero-order chi connectivity index (χ0) is 20.8. The summed E-state index contributed by atoms with van der Waals surface area (Å²) in [6.45, 7) is 8.34. The van der Waals surface area contributed by atoms with Crippen LogP contribution in [0.2, 0.25) is 5.15 Å². The number of ether oxygens (including phenoxy) is 2. The van der Waals surface area contributed by atoms with Crippen LogP contribution in [0, 0.1) is 0 Å². The summed E-state index contributed by atoms with van der Waals surface area (Å²) in [6.07, 6.45) is 4.93. The van der Waals surface area contributed by atoms with E-state index >= 15 is 0 Å². The molecule has 2 heterocycles. The first-order chi connectivity index (χ1) is 13.1. The first-order valence-corrected chi connectivity index (χ1v) is 9.37. The number of rotatable bonds is 8. The number of aromatic nitrogens is 1. The standard InChI is InChI=1S/C20H26ClN3O4/c1-19(2,7-8-25)27-13-20(3,4)28-16-9-15(11-22-12-16)24-18(26)14-5-6-17(21)23-10-14/h5-7,10-11,16,22H,9,12-13H2,1-4H3,(H,24,26). The molecular weight excluding hydrogens is 382 g/mol. The highest BCUT2D eigenvalue weighted by Gasteiger charge is 2.29. The molecule has 0 radical (unpaired) electrons. The summed E-state index contributed by atoms with van der Waals surface area (Å²) in [5.41, 5.74) is -0.143. The molecule has 152 valence electrons. The predicted octanol–water partition coefficient (Wildman–Crippen LogP) is 2.65. The fraction of sp³-hybridized carbons (Fsp3) is 0.500. The molecule has 1 atom stereocenters. The topological polar surface area (TPSA) is 89.5 Å². The number of pyridine rings is 1. The smallest absolute Gasteiger partial charge is 0.257 e. The van der Waals surface area contributed by atoms with Crippen LogP contribution in [-0.2, 0) is 14.3 Å². The van der Waals surface area contributed by atoms with E-state index in [1.807, 2.05) is 13.8 Å². The van der Waals surface area contributed by atoms with Crippen molar-refractivity contribution in [3.8, 4) is 0 Å². The number of hydrogen-bond acceptors (Lipinski definition) is 6. The third-order valence-corrected chi connectivity index (χ3v) is 4.24. The summed E-state index contributed by atoms with van der Waals surface area (Å²) in [4.78, 5) is 26.8. The van der Waals surface area contributed by atoms with Gasteiger partial charge in [0.15, 0.2) is 0 Å². The van der Waals surface area contributed by atoms with Crippen LogP contribution in [0.5, 0.6) is 0 Å². The number of nitrogens with zero attached hydrogens (tertiary/aromatic N) is 1. The Labute approximate surface area is 170 Å². The van der Waals surface area contributed by atoms with Crippen molar-refractivity contribution in [1.82, 2.24) is 15.6 Å². The molecule has 8 heteroatoms. The number of amides is 1. The zero-order valence-electron chi connectivity index (χ0n) is 16.5. The van der Waals surface area contributed by atoms with Crippen molar-refractivity contribution >= 4 is 23.4 Å². The molecule has 1 amide bonds. The number of carbonyl (C=O) groups is 1. The van der Waals surface area contributed by atoms with Crippen LogP contribution in [0.1, 0.15) is 44.5 Å². The first kappa shape index (κ1) is 22.1. The molecule has 0 fully saturated rings. The Morgan fingerprint density at radius 3 is 2.82 bits per heavy atom. The lowest BCUT2D eigenvalue weighted by Gasteiger charge is -2.35. The van der Waals surface area contributed by atoms with Gasteiger partial charge >= 0.3 is 0 Å². The molecule has 0 spiro atoms. The quantitative estimate of drug-likeness (QED) is 0.508. The van der Waals surface area contributed by atoms with Crippen molar-refractivity contribution in [3.05, 3.63) is 47.0 Å². The third kappa shape index (κ3) is 7.09. The Bertz CT molecular complexity index is 768. The highest BCUT2D eigenvalue weighted by molar-refractivity contribution is 6.29. The van der Waals surface area contributed by atoms with Gasteiger partial charge in [-0.15, -0.1) is 0 Å². The van der Waals surface area contributed by atoms with Gasteiger partial charge in [-0.1, -0.05) is 11.6 Å². The van der Waals surface area contributed by atoms with Crippen molar-refractivity contribution in [3.63, 3.8) is 0 Å². The van der Waals surface area contributed by atoms with Crippen molar-refractivity contribution in [2.24, 2.45) is 0 Å². The molecule has 0 aromatic carbocycles. The largest absolute Gasteiger partial charge is 0.387 e. The molecule has 28 heavy (non-hydrogen) atoms. The Morgan fingerprint density at radius 1 is 1.43 bits per heavy atom. The molecule has 1 unspecified atom stereocenters. The molecular formula is C20H26ClN3O4. The lowest BCUT2D eigenvalue weighted by Crippen LogP contribution is -2.44. The zero-order valence-corrected chi connectivity index (χ0v) is 17.3. The van der Waals surface area contributed by atoms with Crippen LogP contribution in [-0.4, -0.2) is 47.3 Å². The molecule has 2 N–H and O–H groups in total. The van der Waals surface area contributed by atoms with E-state index in [0.717, 1.165) is 5.70 Å². The number of hydrogen-bond donors (Lipinski definition) is 2. The molecule has 1 aliphatic rings. The molecule has 1 aromatic heterocycles. The van der Waals surface area contributed by atoms with Gasteiger partial charge in [-0.25, -0.2) is 9.78 Å². The molecule has 1 aliphatic heterocycles. The third-order valence-electron chi connectivity index (χ3n) is 4.02. The maximum absolute atomic E-state index is 12.3. The summed E-state index contributed by atoms with van der Waals surface area (Å²) in [7, 11) is 0. The Balaban J connectivity index is 1.89. The predicted molar refractivity (Wildman–Crippen MR) is 107 cm³/mol. The minimum absolute atomic E-state index is 0.146. The van der Waals surface area contributed by atoms with E-state index in [1.165, 1.54) is 12.3 Å². The fourth-order valence-electron chi connectivity index (χ4n) is 2.62. The average molecular weight is 408 g/mol. The Hall–Kier alpha value is -2.18. The minimum Gasteiger partial charge on any atom is -0.387 e. The van der Waals surface area contributed by atoms with Gasteiger partial charge in [0, 0.05) is 37.1 Å². The van der Waals surface area contributed by atoms with Gasteiger partial charge in [0.05, 0.1) is 29.5 Å². The van der Waals surface area contributed by atoms with Gasteiger partial charge in [0.25, 0.3) is 5.91 Å². The lowest BCUT2D eigenvalue weighted by atomic mass is 10.1. The van der Waals surface area contributed by atoms with Gasteiger partial charge < -0.3 is 20.1 Å². The van der Waals surface area contributed by atoms with Crippen LogP contribution in [0.4, 0.5) is 0 Å². The Kier molecular flexibility index (Phi) is 7.38. The molecule has 0 saturated heterocycles. The van der Waals surface area contributed by atoms with Gasteiger partial charge in [0.1, 0.15) is 11.1 Å². The second-order valence-corrected chi connectivity index (χ2v) is 8.15. The van der Waals surface area contributed by atoms with Gasteiger partial charge in [-0.05, 0) is 39.8 Å². The van der Waals surface area contributed by atoms with Gasteiger partial charge in [0.2, 0.25) is 0 Å². The average Bonchev–Trinajstić information content (AvgIpc) is 2.61. The van der Waals surface area contributed by atoms with Crippen LogP contribution in [0.3, 0.4) is 0 Å². The fourth-order valence-corrected chi connectivity index (χ4v) is 2.73. The van der Waals surface area contributed by atoms with Crippen molar-refractivity contribution in [2.75, 3.05) is 13.2 Å². The van der Waals surface area contributed by atoms with E-state index in [4.69, 9.17) is 21.1 Å². The Morgan fingerprint density at radius 2 is 2.18 bits per heavy atom. The second-order valence-electron chi connectivity index (χ2n) is 7.76. The minimum atomic E-state index is -0.709. The summed E-state index contributed by atoms with van der Waals surface area (Å²) in [6, 6.07) is 3.19. The van der Waals surface area contributed by atoms with Crippen LogP contribution in [0.15, 0.2) is 36.3 Å². The van der Waals surface area contributed by atoms with Crippen LogP contribution < -0.4 is 10.6 Å². The second kappa shape index (κ2) is 9.34. The van der Waals surface area contributed by atoms with E-state index in [9.17, 15) is 9.59 Å². The van der Waals surface area contributed by atoms with Gasteiger partial charge in [-0.2, -0.15) is 0 Å². The molecule has 1 aromatic rings. The first-order valence-electron chi connectivity index (χ1n) is 8.99. The van der Waals surface area contributed by atoms with E-state index in [-0.39, 0.29) is 12.0 Å². The number of nitrogens with one attached hydrogen (secondary N) is 2. The number of halogens is 1. The summed E-state index contributed by atoms with van der Waals surface area (Å²) in [5, 5.41) is 6.32. The lowest BCUT2D eigenvalue weighted by molar-refractivity contribution is -0.133. The maximum Gasteiger partial charge on any atom is 0.257 e. The SMILES string of the molecule is CC(C)(C=C=O)OCC(C)(C)OC1CNC=C(NC(=O)c2ccc(Cl)nc2)C1. The van der Waals surface area contributed by atoms with E-state index in [0.29, 0.717) is 30.3 Å². The van der Waals surface area contributed by atoms with Gasteiger partial charge in [-0.3, -0.25) is 4.79 Å². The van der Waals surface area contributed by atoms with E-state index in [1.54, 1.807) is 38.1 Å². The molecule has 0 bridgehead atoms. The van der Waals surface area contributed by atoms with Crippen molar-refractivity contribution in [2.45, 2.75) is 51.4 Å². The molecule has 2 rings (SSSR count). The highest BCUT2D eigenvalue weighted by atomic mass is 35.5. The van der Waals surface area contributed by atoms with E-state index in [2.05, 4.69) is 15.6 Å². The van der Waals surface area contributed by atoms with Crippen LogP contribution >= 0.6 is 11.6 Å². The highest BCUT2D eigenvalue weighted by Crippen LogP contribution is 2.21. The molecule has 0 aliphatic carbocycles. The number of carbonyl (C=O) groups excluding carboxylic acids is 2. The van der Waals surface area contributed by atoms with Crippen LogP contribution in [0.25, 0.3) is 0 Å². The molecule has 0 saturated carbocycles. The van der Waals surface area contributed by atoms with Crippen molar-refractivity contribution in [1.29, 1.82) is 0 Å². The normalized spacial score (nSPS) is 17.2. The maximum atomic E-state index is 12.3. The van der Waals surface area contributed by atoms with E-state index < -0.39 is 11.2 Å². The van der Waals surface area contributed by atoms with Crippen molar-refractivity contribution < 1.29 is 19.1 Å².